The zero-order chi connectivity index (χ0) is 25.1. The van der Waals surface area contributed by atoms with Crippen molar-refractivity contribution < 1.29 is 27.8 Å². The summed E-state index contributed by atoms with van der Waals surface area (Å²) < 4.78 is 40.3. The Morgan fingerprint density at radius 3 is 2.15 bits per heavy atom. The van der Waals surface area contributed by atoms with Crippen LogP contribution in [0.25, 0.3) is 11.1 Å². The van der Waals surface area contributed by atoms with Crippen LogP contribution in [-0.4, -0.2) is 24.3 Å². The van der Waals surface area contributed by atoms with Gasteiger partial charge in [0.25, 0.3) is 0 Å². The zero-order valence-electron chi connectivity index (χ0n) is 20.6. The van der Waals surface area contributed by atoms with Gasteiger partial charge in [-0.1, -0.05) is 6.07 Å². The van der Waals surface area contributed by atoms with Crippen LogP contribution in [0.4, 0.5) is 13.6 Å². The molecule has 0 aliphatic heterocycles. The summed E-state index contributed by atoms with van der Waals surface area (Å²) in [6.07, 6.45) is -1.07. The molecule has 0 heterocycles. The van der Waals surface area contributed by atoms with Crippen molar-refractivity contribution in [2.75, 3.05) is 6.61 Å². The molecule has 2 rings (SSSR count). The lowest BCUT2D eigenvalue weighted by Crippen LogP contribution is -2.36. The summed E-state index contributed by atoms with van der Waals surface area (Å²) >= 11 is 0. The molecule has 1 N–H and O–H groups in total. The fourth-order valence-electron chi connectivity index (χ4n) is 3.88. The van der Waals surface area contributed by atoms with Crippen molar-refractivity contribution in [3.63, 3.8) is 0 Å². The first kappa shape index (κ1) is 26.3. The van der Waals surface area contributed by atoms with Crippen molar-refractivity contribution in [3.05, 3.63) is 57.7 Å². The predicted octanol–water partition coefficient (Wildman–Crippen LogP) is 6.38. The molecule has 0 fully saturated rings. The molecule has 1 atom stereocenters. The van der Waals surface area contributed by atoms with Gasteiger partial charge in [0.05, 0.1) is 19.1 Å². The zero-order valence-corrected chi connectivity index (χ0v) is 20.6. The fourth-order valence-corrected chi connectivity index (χ4v) is 3.88. The minimum absolute atomic E-state index is 0.101. The molecule has 0 saturated carbocycles. The second-order valence-electron chi connectivity index (χ2n) is 9.23. The molecule has 0 saturated heterocycles. The van der Waals surface area contributed by atoms with Gasteiger partial charge in [0.1, 0.15) is 17.2 Å². The van der Waals surface area contributed by atoms with Gasteiger partial charge in [0.2, 0.25) is 0 Å². The highest BCUT2D eigenvalue weighted by Gasteiger charge is 2.27. The molecule has 2 aromatic rings. The number of benzene rings is 2. The largest absolute Gasteiger partial charge is 0.466 e. The van der Waals surface area contributed by atoms with E-state index in [-0.39, 0.29) is 24.4 Å². The van der Waals surface area contributed by atoms with Crippen molar-refractivity contribution >= 4 is 12.1 Å². The first-order valence-electron chi connectivity index (χ1n) is 11.0. The monoisotopic (exact) mass is 461 g/mol. The number of carbonyl (C=O) groups excluding carboxylic acids is 2. The summed E-state index contributed by atoms with van der Waals surface area (Å²) in [4.78, 5) is 24.7. The van der Waals surface area contributed by atoms with Gasteiger partial charge < -0.3 is 14.8 Å². The average Bonchev–Trinajstić information content (AvgIpc) is 2.67. The van der Waals surface area contributed by atoms with Crippen LogP contribution >= 0.6 is 0 Å². The summed E-state index contributed by atoms with van der Waals surface area (Å²) in [6.45, 7) is 13.8. The standard InChI is InChI=1S/C26H33F2NO4/c1-9-32-21(30)13-20(29-25(31)33-26(6,7)8)19-12-18(11-16(4)24(19)28)22-14(2)10-15(3)23(27)17(22)5/h10-12,20H,9,13H2,1-8H3,(H,29,31). The number of halogens is 2. The Morgan fingerprint density at radius 1 is 0.970 bits per heavy atom. The maximum Gasteiger partial charge on any atom is 0.408 e. The first-order chi connectivity index (χ1) is 15.2. The molecule has 0 radical (unpaired) electrons. The molecule has 1 amide bonds. The highest BCUT2D eigenvalue weighted by Crippen LogP contribution is 2.35. The van der Waals surface area contributed by atoms with Gasteiger partial charge in [-0.05, 0) is 101 Å². The van der Waals surface area contributed by atoms with Crippen LogP contribution in [0, 0.1) is 39.3 Å². The molecule has 0 spiro atoms. The van der Waals surface area contributed by atoms with E-state index in [9.17, 15) is 14.0 Å². The Morgan fingerprint density at radius 2 is 1.58 bits per heavy atom. The predicted molar refractivity (Wildman–Crippen MR) is 124 cm³/mol. The lowest BCUT2D eigenvalue weighted by Gasteiger charge is -2.25. The Hall–Kier alpha value is -2.96. The van der Waals surface area contributed by atoms with E-state index in [0.29, 0.717) is 27.8 Å². The van der Waals surface area contributed by atoms with E-state index in [0.717, 1.165) is 5.56 Å². The Labute approximate surface area is 194 Å². The SMILES string of the molecule is CCOC(=O)CC(NC(=O)OC(C)(C)C)c1cc(-c2c(C)cc(C)c(F)c2C)cc(C)c1F. The van der Waals surface area contributed by atoms with Crippen molar-refractivity contribution in [1.82, 2.24) is 5.32 Å². The maximum atomic E-state index is 15.3. The van der Waals surface area contributed by atoms with Gasteiger partial charge >= 0.3 is 12.1 Å². The summed E-state index contributed by atoms with van der Waals surface area (Å²) in [6, 6.07) is 3.89. The molecule has 5 nitrogen and oxygen atoms in total. The lowest BCUT2D eigenvalue weighted by molar-refractivity contribution is -0.143. The second-order valence-corrected chi connectivity index (χ2v) is 9.23. The van der Waals surface area contributed by atoms with Crippen molar-refractivity contribution in [3.8, 4) is 11.1 Å². The molecule has 7 heteroatoms. The van der Waals surface area contributed by atoms with Crippen LogP contribution in [0.1, 0.15) is 68.0 Å². The molecular weight excluding hydrogens is 428 g/mol. The third-order valence-corrected chi connectivity index (χ3v) is 5.19. The quantitative estimate of drug-likeness (QED) is 0.507. The first-order valence-corrected chi connectivity index (χ1v) is 11.0. The van der Waals surface area contributed by atoms with Gasteiger partial charge in [0, 0.05) is 5.56 Å². The molecule has 0 bridgehead atoms. The topological polar surface area (TPSA) is 64.6 Å². The molecule has 33 heavy (non-hydrogen) atoms. The minimum Gasteiger partial charge on any atom is -0.466 e. The van der Waals surface area contributed by atoms with E-state index < -0.39 is 29.5 Å². The highest BCUT2D eigenvalue weighted by atomic mass is 19.1. The van der Waals surface area contributed by atoms with E-state index >= 15 is 4.39 Å². The van der Waals surface area contributed by atoms with Gasteiger partial charge in [-0.3, -0.25) is 4.79 Å². The van der Waals surface area contributed by atoms with Crippen molar-refractivity contribution in [2.45, 2.75) is 73.5 Å². The average molecular weight is 462 g/mol. The van der Waals surface area contributed by atoms with E-state index in [1.165, 1.54) is 0 Å². The summed E-state index contributed by atoms with van der Waals surface area (Å²) in [5, 5.41) is 2.60. The third-order valence-electron chi connectivity index (χ3n) is 5.19. The Balaban J connectivity index is 2.62. The number of amides is 1. The van der Waals surface area contributed by atoms with Crippen LogP contribution in [-0.2, 0) is 14.3 Å². The van der Waals surface area contributed by atoms with Crippen LogP contribution in [0.2, 0.25) is 0 Å². The summed E-state index contributed by atoms with van der Waals surface area (Å²) in [5.41, 5.74) is 2.69. The van der Waals surface area contributed by atoms with Crippen LogP contribution in [0.15, 0.2) is 18.2 Å². The minimum atomic E-state index is -1.03. The maximum absolute atomic E-state index is 15.3. The van der Waals surface area contributed by atoms with Crippen molar-refractivity contribution in [1.29, 1.82) is 0 Å². The molecule has 2 aromatic carbocycles. The number of carbonyl (C=O) groups is 2. The number of rotatable bonds is 6. The van der Waals surface area contributed by atoms with E-state index in [1.54, 1.807) is 66.7 Å². The number of alkyl carbamates (subject to hydrolysis) is 1. The van der Waals surface area contributed by atoms with Gasteiger partial charge in [-0.15, -0.1) is 0 Å². The van der Waals surface area contributed by atoms with E-state index in [4.69, 9.17) is 9.47 Å². The number of esters is 1. The summed E-state index contributed by atoms with van der Waals surface area (Å²) in [5.74, 6) is -1.48. The Kier molecular flexibility index (Phi) is 8.22. The smallest absolute Gasteiger partial charge is 0.408 e. The molecule has 0 aliphatic carbocycles. The molecule has 0 aromatic heterocycles. The number of nitrogens with one attached hydrogen (secondary N) is 1. The molecular formula is C26H33F2NO4. The lowest BCUT2D eigenvalue weighted by atomic mass is 9.89. The van der Waals surface area contributed by atoms with E-state index in [1.807, 2.05) is 6.92 Å². The van der Waals surface area contributed by atoms with Crippen LogP contribution < -0.4 is 5.32 Å². The molecule has 1 unspecified atom stereocenters. The third kappa shape index (κ3) is 6.53. The number of ether oxygens (including phenoxy) is 2. The van der Waals surface area contributed by atoms with Gasteiger partial charge in [0.15, 0.2) is 0 Å². The number of aryl methyl sites for hydroxylation is 3. The van der Waals surface area contributed by atoms with E-state index in [2.05, 4.69) is 5.32 Å². The van der Waals surface area contributed by atoms with Gasteiger partial charge in [-0.2, -0.15) is 0 Å². The summed E-state index contributed by atoms with van der Waals surface area (Å²) in [7, 11) is 0. The fraction of sp³-hybridized carbons (Fsp3) is 0.462. The molecule has 0 aliphatic rings. The number of hydrogen-bond acceptors (Lipinski definition) is 4. The Bertz CT molecular complexity index is 1060. The number of hydrogen-bond donors (Lipinski definition) is 1. The van der Waals surface area contributed by atoms with Crippen LogP contribution in [0.5, 0.6) is 0 Å². The second kappa shape index (κ2) is 10.3. The molecule has 180 valence electrons. The van der Waals surface area contributed by atoms with Crippen molar-refractivity contribution in [2.24, 2.45) is 0 Å². The van der Waals surface area contributed by atoms with Gasteiger partial charge in [-0.25, -0.2) is 13.6 Å². The van der Waals surface area contributed by atoms with Crippen LogP contribution in [0.3, 0.4) is 0 Å². The highest BCUT2D eigenvalue weighted by molar-refractivity contribution is 5.76. The normalized spacial score (nSPS) is 12.3.